The number of aliphatic hydroxyl groups is 1. The van der Waals surface area contributed by atoms with Crippen LogP contribution in [0.1, 0.15) is 53.7 Å². The smallest absolute Gasteiger partial charge is 0.352 e. The van der Waals surface area contributed by atoms with Crippen molar-refractivity contribution in [3.05, 3.63) is 64.3 Å². The number of aliphatic carboxylic acids is 1. The molecule has 0 spiro atoms. The zero-order valence-corrected chi connectivity index (χ0v) is 25.5. The van der Waals surface area contributed by atoms with E-state index < -0.39 is 18.0 Å². The minimum Gasteiger partial charge on any atom is -1.00 e. The number of quaternary nitrogens is 2. The van der Waals surface area contributed by atoms with Crippen LogP contribution >= 0.6 is 0 Å². The van der Waals surface area contributed by atoms with Crippen LogP contribution in [0.15, 0.2) is 42.1 Å². The van der Waals surface area contributed by atoms with Crippen LogP contribution in [0, 0.1) is 5.92 Å². The number of aliphatic hydroxyl groups excluding tert-OH is 1. The van der Waals surface area contributed by atoms with E-state index in [1.807, 2.05) is 6.07 Å². The number of nitrogens with zero attached hydrogens (tertiary/aromatic N) is 3. The van der Waals surface area contributed by atoms with Gasteiger partial charge in [-0.25, -0.2) is 4.79 Å². The highest BCUT2D eigenvalue weighted by molar-refractivity contribution is 6.22. The molecule has 0 aromatic heterocycles. The second kappa shape index (κ2) is 10.8. The second-order valence-electron chi connectivity index (χ2n) is 12.8. The van der Waals surface area contributed by atoms with Gasteiger partial charge in [0.25, 0.3) is 0 Å². The van der Waals surface area contributed by atoms with Crippen molar-refractivity contribution in [2.24, 2.45) is 5.92 Å². The van der Waals surface area contributed by atoms with Crippen molar-refractivity contribution >= 4 is 23.2 Å². The number of rotatable bonds is 7. The third-order valence-corrected chi connectivity index (χ3v) is 10.5. The monoisotopic (exact) mass is 613 g/mol. The van der Waals surface area contributed by atoms with Gasteiger partial charge in [0.2, 0.25) is 5.91 Å². The SMILES string of the molecule is CCC[N+]12CC[N+](Cc3ccc4c(c3)C(=O)c3ccc(C5=C(C(=O)O)N6C(=O)[C@H]([C@@H](C)O)[C@H]6C5)cc3-4)(CC1)CC2.[Cl-].[Cl-]. The van der Waals surface area contributed by atoms with E-state index in [2.05, 4.69) is 25.1 Å². The van der Waals surface area contributed by atoms with Crippen molar-refractivity contribution in [3.8, 4) is 11.1 Å². The molecule has 2 aromatic rings. The fourth-order valence-electron chi connectivity index (χ4n) is 8.32. The number of benzene rings is 2. The van der Waals surface area contributed by atoms with Crippen LogP contribution in [0.5, 0.6) is 0 Å². The summed E-state index contributed by atoms with van der Waals surface area (Å²) in [6.45, 7) is 13.5. The number of amides is 1. The van der Waals surface area contributed by atoms with Gasteiger partial charge in [-0.2, -0.15) is 0 Å². The molecular formula is C32H37Cl2N3O5. The first-order valence-electron chi connectivity index (χ1n) is 14.7. The first-order valence-corrected chi connectivity index (χ1v) is 14.7. The van der Waals surface area contributed by atoms with Gasteiger partial charge in [0.15, 0.2) is 5.78 Å². The number of piperazine rings is 3. The number of carboxylic acids is 1. The summed E-state index contributed by atoms with van der Waals surface area (Å²) in [5.41, 5.74) is 5.55. The molecule has 0 radical (unpaired) electrons. The predicted octanol–water partition coefficient (Wildman–Crippen LogP) is -3.12. The fraction of sp³-hybridized carbons (Fsp3) is 0.469. The third kappa shape index (κ3) is 4.42. The molecule has 2 N–H and O–H groups in total. The largest absolute Gasteiger partial charge is 1.00 e. The number of halogens is 2. The van der Waals surface area contributed by atoms with Gasteiger partial charge in [-0.05, 0) is 60.2 Å². The van der Waals surface area contributed by atoms with Gasteiger partial charge in [-0.15, -0.1) is 0 Å². The van der Waals surface area contributed by atoms with Crippen molar-refractivity contribution in [3.63, 3.8) is 0 Å². The molecule has 2 aromatic carbocycles. The van der Waals surface area contributed by atoms with Crippen LogP contribution in [-0.2, 0) is 16.1 Å². The van der Waals surface area contributed by atoms with E-state index in [1.54, 1.807) is 19.1 Å². The van der Waals surface area contributed by atoms with Gasteiger partial charge >= 0.3 is 5.97 Å². The molecule has 3 atom stereocenters. The van der Waals surface area contributed by atoms with Gasteiger partial charge in [-0.3, -0.25) is 9.59 Å². The summed E-state index contributed by atoms with van der Waals surface area (Å²) >= 11 is 0. The molecule has 10 heteroatoms. The summed E-state index contributed by atoms with van der Waals surface area (Å²) in [6, 6.07) is 11.5. The molecule has 8 nitrogen and oxygen atoms in total. The lowest BCUT2D eigenvalue weighted by Crippen LogP contribution is -3.00. The van der Waals surface area contributed by atoms with Gasteiger partial charge in [0.1, 0.15) is 51.5 Å². The molecule has 8 rings (SSSR count). The number of fused-ring (bicyclic) bond motifs is 7. The summed E-state index contributed by atoms with van der Waals surface area (Å²) in [6.07, 6.45) is 0.781. The van der Waals surface area contributed by atoms with E-state index in [1.165, 1.54) is 67.2 Å². The molecule has 5 heterocycles. The molecule has 2 bridgehead atoms. The number of carbonyl (C=O) groups excluding carboxylic acids is 2. The quantitative estimate of drug-likeness (QED) is 0.217. The summed E-state index contributed by atoms with van der Waals surface area (Å²) in [4.78, 5) is 39.7. The Morgan fingerprint density at radius 3 is 2.19 bits per heavy atom. The maximum Gasteiger partial charge on any atom is 0.352 e. The Bertz CT molecular complexity index is 1490. The van der Waals surface area contributed by atoms with Crippen molar-refractivity contribution in [2.75, 3.05) is 45.8 Å². The molecule has 0 saturated carbocycles. The number of carbonyl (C=O) groups is 3. The van der Waals surface area contributed by atoms with E-state index in [0.29, 0.717) is 23.1 Å². The van der Waals surface area contributed by atoms with Crippen molar-refractivity contribution in [1.29, 1.82) is 0 Å². The van der Waals surface area contributed by atoms with E-state index >= 15 is 0 Å². The average Bonchev–Trinajstić information content (AvgIpc) is 3.42. The van der Waals surface area contributed by atoms with E-state index in [-0.39, 0.29) is 48.2 Å². The number of carboxylic acid groups (broad SMARTS) is 1. The highest BCUT2D eigenvalue weighted by atomic mass is 35.5. The maximum atomic E-state index is 13.5. The Kier molecular flexibility index (Phi) is 7.86. The minimum absolute atomic E-state index is 0. The van der Waals surface area contributed by atoms with Gasteiger partial charge < -0.3 is 48.9 Å². The highest BCUT2D eigenvalue weighted by Gasteiger charge is 2.57. The summed E-state index contributed by atoms with van der Waals surface area (Å²) < 4.78 is 2.40. The zero-order chi connectivity index (χ0) is 28.0. The Morgan fingerprint density at radius 1 is 0.929 bits per heavy atom. The number of ketones is 1. The molecule has 1 aliphatic carbocycles. The number of β-lactam (4-membered cyclic amide) rings is 1. The van der Waals surface area contributed by atoms with Gasteiger partial charge in [-0.1, -0.05) is 25.1 Å². The van der Waals surface area contributed by atoms with Crippen LogP contribution in [0.2, 0.25) is 0 Å². The Balaban J connectivity index is 0.00000176. The van der Waals surface area contributed by atoms with E-state index in [0.717, 1.165) is 27.7 Å². The topological polar surface area (TPSA) is 94.9 Å². The third-order valence-electron chi connectivity index (χ3n) is 10.5. The van der Waals surface area contributed by atoms with Crippen LogP contribution in [-0.4, -0.2) is 99.7 Å². The Labute approximate surface area is 258 Å². The molecule has 224 valence electrons. The molecule has 1 amide bonds. The zero-order valence-electron chi connectivity index (χ0n) is 24.0. The molecule has 0 unspecified atom stereocenters. The molecular weight excluding hydrogens is 577 g/mol. The molecule has 6 aliphatic rings. The van der Waals surface area contributed by atoms with Crippen LogP contribution < -0.4 is 24.8 Å². The predicted molar refractivity (Wildman–Crippen MR) is 149 cm³/mol. The summed E-state index contributed by atoms with van der Waals surface area (Å²) in [5, 5.41) is 20.1. The Morgan fingerprint density at radius 2 is 1.57 bits per heavy atom. The lowest BCUT2D eigenvalue weighted by Gasteiger charge is -2.55. The van der Waals surface area contributed by atoms with Crippen LogP contribution in [0.3, 0.4) is 0 Å². The lowest BCUT2D eigenvalue weighted by atomic mass is 9.82. The minimum atomic E-state index is -1.15. The first-order chi connectivity index (χ1) is 19.2. The standard InChI is InChI=1S/C32H36N3O5.2ClH/c1-3-8-34-9-12-35(13-10-34,14-11-34)18-20-4-6-22-25-16-21(5-7-23(25)30(37)26(22)15-20)24-17-27-28(19(2)36)31(38)33(27)29(24)32(39)40;;/h4-7,15-16,19,27-28,36H,3,8-14,17-18H2,1-2H3;2*1H/q+1;;/p-1/t19-,27-,28-,34?,35?;;/m1../s1. The van der Waals surface area contributed by atoms with Crippen molar-refractivity contribution in [1.82, 2.24) is 4.90 Å². The number of hydrogen-bond donors (Lipinski definition) is 2. The van der Waals surface area contributed by atoms with Crippen LogP contribution in [0.25, 0.3) is 16.7 Å². The second-order valence-corrected chi connectivity index (χ2v) is 12.8. The molecule has 5 aliphatic heterocycles. The highest BCUT2D eigenvalue weighted by Crippen LogP contribution is 2.48. The molecule has 4 fully saturated rings. The maximum absolute atomic E-state index is 13.5. The first kappa shape index (κ1) is 30.7. The van der Waals surface area contributed by atoms with E-state index in [9.17, 15) is 24.6 Å². The average molecular weight is 615 g/mol. The van der Waals surface area contributed by atoms with Crippen molar-refractivity contribution < 1.29 is 58.4 Å². The number of hydrogen-bond acceptors (Lipinski definition) is 4. The Hall–Kier alpha value is -2.75. The fourth-order valence-corrected chi connectivity index (χ4v) is 8.32. The van der Waals surface area contributed by atoms with Crippen molar-refractivity contribution in [2.45, 2.75) is 45.4 Å². The molecule has 4 saturated heterocycles. The summed E-state index contributed by atoms with van der Waals surface area (Å²) in [7, 11) is 0. The van der Waals surface area contributed by atoms with Crippen LogP contribution in [0.4, 0.5) is 0 Å². The lowest BCUT2D eigenvalue weighted by molar-refractivity contribution is -1.09. The van der Waals surface area contributed by atoms with Gasteiger partial charge in [0.05, 0.1) is 24.6 Å². The van der Waals surface area contributed by atoms with E-state index in [4.69, 9.17) is 0 Å². The normalized spacial score (nSPS) is 29.3. The van der Waals surface area contributed by atoms with Gasteiger partial charge in [0, 0.05) is 16.7 Å². The molecule has 42 heavy (non-hydrogen) atoms. The summed E-state index contributed by atoms with van der Waals surface area (Å²) in [5.74, 6) is -2.06.